The number of morpholine rings is 1. The van der Waals surface area contributed by atoms with Crippen molar-refractivity contribution >= 4 is 38.7 Å². The van der Waals surface area contributed by atoms with Crippen LogP contribution in [0.25, 0.3) is 5.52 Å². The zero-order valence-corrected chi connectivity index (χ0v) is 19.2. The number of allylic oxidation sites excluding steroid dienone is 2. The van der Waals surface area contributed by atoms with Crippen molar-refractivity contribution in [3.05, 3.63) is 47.4 Å². The number of nitrogen functional groups attached to an aromatic ring is 1. The Balaban J connectivity index is 2.04. The number of ether oxygens (including phenoxy) is 1. The lowest BCUT2D eigenvalue weighted by Crippen LogP contribution is -2.65. The summed E-state index contributed by atoms with van der Waals surface area (Å²) >= 11 is 6.43. The van der Waals surface area contributed by atoms with E-state index in [9.17, 15) is 13.2 Å². The molecule has 1 amide bonds. The molecule has 2 N–H and O–H groups in total. The molecular formula is C20H24ClN5O4S. The fraction of sp³-hybridized carbons (Fsp3) is 0.450. The van der Waals surface area contributed by atoms with Gasteiger partial charge in [-0.1, -0.05) is 35.9 Å². The van der Waals surface area contributed by atoms with E-state index in [0.717, 1.165) is 6.26 Å². The molecule has 1 saturated heterocycles. The Morgan fingerprint density at radius 1 is 1.32 bits per heavy atom. The summed E-state index contributed by atoms with van der Waals surface area (Å²) < 4.78 is 32.4. The van der Waals surface area contributed by atoms with Gasteiger partial charge in [0.15, 0.2) is 20.4 Å². The van der Waals surface area contributed by atoms with Crippen molar-refractivity contribution in [2.75, 3.05) is 18.6 Å². The molecular weight excluding hydrogens is 442 g/mol. The van der Waals surface area contributed by atoms with Crippen molar-refractivity contribution in [1.29, 1.82) is 0 Å². The number of aromatic nitrogens is 3. The first-order valence-corrected chi connectivity index (χ1v) is 12.0. The maximum atomic E-state index is 13.5. The maximum absolute atomic E-state index is 13.5. The van der Waals surface area contributed by atoms with Crippen molar-refractivity contribution in [3.8, 4) is 0 Å². The molecule has 0 saturated carbocycles. The first-order chi connectivity index (χ1) is 14.4. The van der Waals surface area contributed by atoms with Crippen molar-refractivity contribution < 1.29 is 17.9 Å². The summed E-state index contributed by atoms with van der Waals surface area (Å²) in [5, 5.41) is 4.46. The Kier molecular flexibility index (Phi) is 4.95. The summed E-state index contributed by atoms with van der Waals surface area (Å²) in [7, 11) is -3.87. The molecule has 11 heteroatoms. The van der Waals surface area contributed by atoms with E-state index >= 15 is 0 Å². The minimum Gasteiger partial charge on any atom is -0.382 e. The van der Waals surface area contributed by atoms with Crippen LogP contribution in [-0.2, 0) is 24.1 Å². The van der Waals surface area contributed by atoms with Crippen LogP contribution in [0.15, 0.2) is 36.7 Å². The summed E-state index contributed by atoms with van der Waals surface area (Å²) in [5.74, 6) is -0.177. The largest absolute Gasteiger partial charge is 0.382 e. The third-order valence-corrected chi connectivity index (χ3v) is 8.05. The van der Waals surface area contributed by atoms with Gasteiger partial charge in [-0.2, -0.15) is 5.10 Å². The van der Waals surface area contributed by atoms with E-state index in [0.29, 0.717) is 5.52 Å². The van der Waals surface area contributed by atoms with E-state index in [2.05, 4.69) is 10.1 Å². The second-order valence-corrected chi connectivity index (χ2v) is 11.0. The van der Waals surface area contributed by atoms with Gasteiger partial charge in [-0.15, -0.1) is 0 Å². The van der Waals surface area contributed by atoms with Crippen LogP contribution in [0.4, 0.5) is 5.82 Å². The highest BCUT2D eigenvalue weighted by Crippen LogP contribution is 2.45. The molecule has 2 aromatic rings. The van der Waals surface area contributed by atoms with E-state index in [1.54, 1.807) is 43.1 Å². The average molecular weight is 466 g/mol. The lowest BCUT2D eigenvalue weighted by atomic mass is 9.87. The zero-order chi connectivity index (χ0) is 22.8. The normalized spacial score (nSPS) is 28.4. The molecule has 2 aliphatic rings. The highest BCUT2D eigenvalue weighted by atomic mass is 35.5. The van der Waals surface area contributed by atoms with Crippen molar-refractivity contribution in [2.45, 2.75) is 43.2 Å². The number of fused-ring (bicyclic) bond motifs is 1. The van der Waals surface area contributed by atoms with Gasteiger partial charge in [0.1, 0.15) is 17.4 Å². The Hall–Kier alpha value is -2.43. The number of hydrogen-bond donors (Lipinski definition) is 1. The molecule has 2 aromatic heterocycles. The van der Waals surface area contributed by atoms with Gasteiger partial charge >= 0.3 is 0 Å². The van der Waals surface area contributed by atoms with Gasteiger partial charge in [0.25, 0.3) is 5.91 Å². The molecule has 9 nitrogen and oxygen atoms in total. The molecule has 1 aliphatic heterocycles. The number of halogens is 1. The van der Waals surface area contributed by atoms with Crippen LogP contribution in [-0.4, -0.2) is 64.4 Å². The molecule has 0 aromatic carbocycles. The third-order valence-electron chi connectivity index (χ3n) is 5.95. The molecule has 1 aliphatic carbocycles. The van der Waals surface area contributed by atoms with Crippen LogP contribution >= 0.6 is 11.6 Å². The summed E-state index contributed by atoms with van der Waals surface area (Å²) in [6, 6.07) is 0.313. The lowest BCUT2D eigenvalue weighted by Gasteiger charge is -2.50. The van der Waals surface area contributed by atoms with Gasteiger partial charge in [-0.3, -0.25) is 4.79 Å². The van der Waals surface area contributed by atoms with Crippen molar-refractivity contribution in [1.82, 2.24) is 19.5 Å². The zero-order valence-electron chi connectivity index (χ0n) is 17.6. The third kappa shape index (κ3) is 3.07. The molecule has 4 rings (SSSR count). The summed E-state index contributed by atoms with van der Waals surface area (Å²) in [6.07, 6.45) is 9.05. The van der Waals surface area contributed by atoms with Crippen LogP contribution in [0.5, 0.6) is 0 Å². The number of amides is 1. The van der Waals surface area contributed by atoms with E-state index in [1.807, 2.05) is 6.92 Å². The predicted octanol–water partition coefficient (Wildman–Crippen LogP) is 1.73. The van der Waals surface area contributed by atoms with Gasteiger partial charge in [-0.25, -0.2) is 17.9 Å². The Bertz CT molecular complexity index is 1240. The number of carbonyl (C=O) groups excluding carboxylic acids is 1. The summed E-state index contributed by atoms with van der Waals surface area (Å²) in [4.78, 5) is 18.9. The fourth-order valence-corrected chi connectivity index (χ4v) is 6.12. The van der Waals surface area contributed by atoms with E-state index in [4.69, 9.17) is 22.1 Å². The Morgan fingerprint density at radius 2 is 2.03 bits per heavy atom. The number of anilines is 1. The average Bonchev–Trinajstić information content (AvgIpc) is 3.03. The highest BCUT2D eigenvalue weighted by Gasteiger charge is 2.56. The first-order valence-electron chi connectivity index (χ1n) is 9.72. The maximum Gasteiger partial charge on any atom is 0.255 e. The highest BCUT2D eigenvalue weighted by molar-refractivity contribution is 7.91. The molecule has 0 radical (unpaired) electrons. The second kappa shape index (κ2) is 7.04. The molecule has 3 atom stereocenters. The first kappa shape index (κ1) is 21.8. The van der Waals surface area contributed by atoms with Gasteiger partial charge < -0.3 is 15.4 Å². The number of nitrogens with zero attached hydrogens (tertiary/aromatic N) is 4. The standard InChI is InChI=1S/C20H24ClN5O4S/c1-12-10-30-19(2,3)18(27)25(12)14-7-5-6-8-20(14,31(4,28)29)15-9-13(21)16-17(22)23-11-24-26(15)16/h5-9,11-12,14H,10H2,1-4H3,(H2,22,23,24)/t12-,14?,20?/m0/s1. The molecule has 1 fully saturated rings. The minimum absolute atomic E-state index is 0.124. The topological polar surface area (TPSA) is 120 Å². The van der Waals surface area contributed by atoms with Gasteiger partial charge in [0.05, 0.1) is 29.4 Å². The Labute approximate surface area is 185 Å². The predicted molar refractivity (Wildman–Crippen MR) is 117 cm³/mol. The number of carbonyl (C=O) groups is 1. The molecule has 3 heterocycles. The van der Waals surface area contributed by atoms with E-state index < -0.39 is 26.2 Å². The van der Waals surface area contributed by atoms with Gasteiger partial charge in [0, 0.05) is 6.26 Å². The number of sulfone groups is 1. The molecule has 0 bridgehead atoms. The summed E-state index contributed by atoms with van der Waals surface area (Å²) in [5.41, 5.74) is 5.49. The fourth-order valence-electron chi connectivity index (χ4n) is 4.36. The minimum atomic E-state index is -3.87. The summed E-state index contributed by atoms with van der Waals surface area (Å²) in [6.45, 7) is 5.46. The monoisotopic (exact) mass is 465 g/mol. The number of nitrogens with two attached hydrogens (primary N) is 1. The second-order valence-electron chi connectivity index (χ2n) is 8.42. The van der Waals surface area contributed by atoms with E-state index in [1.165, 1.54) is 16.9 Å². The van der Waals surface area contributed by atoms with Crippen molar-refractivity contribution in [2.24, 2.45) is 0 Å². The smallest absolute Gasteiger partial charge is 0.255 e. The molecule has 0 spiro atoms. The van der Waals surface area contributed by atoms with E-state index in [-0.39, 0.29) is 35.1 Å². The quantitative estimate of drug-likeness (QED) is 0.732. The Morgan fingerprint density at radius 3 is 2.71 bits per heavy atom. The lowest BCUT2D eigenvalue weighted by molar-refractivity contribution is -0.176. The van der Waals surface area contributed by atoms with Crippen LogP contribution < -0.4 is 5.73 Å². The molecule has 166 valence electrons. The van der Waals surface area contributed by atoms with Crippen LogP contribution in [0.3, 0.4) is 0 Å². The molecule has 31 heavy (non-hydrogen) atoms. The van der Waals surface area contributed by atoms with Gasteiger partial charge in [-0.05, 0) is 26.8 Å². The number of rotatable bonds is 3. The van der Waals surface area contributed by atoms with Crippen LogP contribution in [0, 0.1) is 0 Å². The van der Waals surface area contributed by atoms with Crippen molar-refractivity contribution in [3.63, 3.8) is 0 Å². The SMILES string of the molecule is C[C@H]1COC(C)(C)C(=O)N1C1C=CC=CC1(c1cc(Cl)c2c(N)ncnn12)S(C)(=O)=O. The van der Waals surface area contributed by atoms with Crippen LogP contribution in [0.2, 0.25) is 5.02 Å². The molecule has 2 unspecified atom stereocenters. The number of hydrogen-bond acceptors (Lipinski definition) is 7. The van der Waals surface area contributed by atoms with Crippen LogP contribution in [0.1, 0.15) is 26.5 Å². The van der Waals surface area contributed by atoms with Gasteiger partial charge in [0.2, 0.25) is 0 Å².